The second kappa shape index (κ2) is 13.3. The molecule has 1 saturated carbocycles. The summed E-state index contributed by atoms with van der Waals surface area (Å²) in [6, 6.07) is 18.7. The number of benzene rings is 3. The van der Waals surface area contributed by atoms with Crippen LogP contribution >= 0.6 is 11.6 Å². The number of anilines is 1. The minimum absolute atomic E-state index is 0.0905. The van der Waals surface area contributed by atoms with Gasteiger partial charge in [0.2, 0.25) is 5.91 Å². The molecule has 2 aliphatic rings. The average molecular weight is 663 g/mol. The van der Waals surface area contributed by atoms with Gasteiger partial charge in [-0.3, -0.25) is 18.8 Å². The molecule has 12 heteroatoms. The minimum Gasteiger partial charge on any atom is -0.493 e. The molecule has 240 valence electrons. The number of nitrogens with one attached hydrogen (secondary N) is 1. The van der Waals surface area contributed by atoms with E-state index >= 15 is 0 Å². The highest BCUT2D eigenvalue weighted by molar-refractivity contribution is 7.85. The van der Waals surface area contributed by atoms with Crippen LogP contribution in [0.4, 0.5) is 5.69 Å². The maximum atomic E-state index is 13.5. The fourth-order valence-electron chi connectivity index (χ4n) is 6.07. The number of fused-ring (bicyclic) bond motifs is 3. The lowest BCUT2D eigenvalue weighted by Crippen LogP contribution is -2.36. The minimum atomic E-state index is -4.16. The molecule has 3 aromatic carbocycles. The summed E-state index contributed by atoms with van der Waals surface area (Å²) in [6.45, 7) is 3.32. The summed E-state index contributed by atoms with van der Waals surface area (Å²) < 4.78 is 38.5. The molecule has 2 atom stereocenters. The van der Waals surface area contributed by atoms with E-state index in [1.165, 1.54) is 5.56 Å². The third-order valence-electron chi connectivity index (χ3n) is 8.52. The molecule has 0 radical (unpaired) electrons. The molecule has 1 aliphatic heterocycles. The summed E-state index contributed by atoms with van der Waals surface area (Å²) in [4.78, 5) is 27.9. The van der Waals surface area contributed by atoms with Crippen LogP contribution in [0.5, 0.6) is 5.75 Å². The van der Waals surface area contributed by atoms with E-state index in [-0.39, 0.29) is 12.5 Å². The smallest absolute Gasteiger partial charge is 0.266 e. The Kier molecular flexibility index (Phi) is 9.17. The van der Waals surface area contributed by atoms with Crippen molar-refractivity contribution < 1.29 is 27.3 Å². The highest BCUT2D eigenvalue weighted by Gasteiger charge is 2.47. The summed E-state index contributed by atoms with van der Waals surface area (Å²) in [6.07, 6.45) is 5.84. The Balaban J connectivity index is 1.12. The summed E-state index contributed by atoms with van der Waals surface area (Å²) in [5.41, 5.74) is 6.31. The van der Waals surface area contributed by atoms with Gasteiger partial charge < -0.3 is 15.0 Å². The van der Waals surface area contributed by atoms with Crippen LogP contribution in [0.1, 0.15) is 52.2 Å². The number of halogens is 1. The molecule has 4 aromatic rings. The van der Waals surface area contributed by atoms with Gasteiger partial charge in [-0.15, -0.1) is 0 Å². The molecule has 6 rings (SSSR count). The van der Waals surface area contributed by atoms with E-state index in [9.17, 15) is 18.0 Å². The first-order valence-corrected chi connectivity index (χ1v) is 17.2. The first-order valence-electron chi connectivity index (χ1n) is 15.2. The molecule has 0 bridgehead atoms. The molecule has 1 fully saturated rings. The van der Waals surface area contributed by atoms with Gasteiger partial charge in [0.25, 0.3) is 16.0 Å². The van der Waals surface area contributed by atoms with Gasteiger partial charge in [-0.1, -0.05) is 41.9 Å². The maximum Gasteiger partial charge on any atom is 0.266 e. The van der Waals surface area contributed by atoms with Crippen molar-refractivity contribution in [2.24, 2.45) is 5.92 Å². The number of carbonyl (C=O) groups is 2. The van der Waals surface area contributed by atoms with Crippen LogP contribution in [0, 0.1) is 12.8 Å². The Morgan fingerprint density at radius 2 is 1.93 bits per heavy atom. The first kappa shape index (κ1) is 31.8. The van der Waals surface area contributed by atoms with Crippen molar-refractivity contribution in [3.63, 3.8) is 0 Å². The van der Waals surface area contributed by atoms with Crippen molar-refractivity contribution in [2.45, 2.75) is 38.6 Å². The number of nitrogens with zero attached hydrogens (tertiary/aromatic N) is 3. The fraction of sp³-hybridized carbons (Fsp3) is 0.324. The Hall–Kier alpha value is -4.19. The van der Waals surface area contributed by atoms with Crippen molar-refractivity contribution >= 4 is 39.2 Å². The van der Waals surface area contributed by atoms with Crippen LogP contribution in [-0.4, -0.2) is 60.0 Å². The standard InChI is InChI=1S/C34H35ClN4O6S/c1-22-29(35)9-4-11-31(22)45-14-5-12-32(40)39-21-25-17-28(25)33-27(8-3-10-30(33)39)26-18-37-38(20-26)19-23-6-2-7-24(16-23)34(41)36-13-15-46(42,43)44/h2-4,6-11,16,18,20,25,28H,5,12-15,17,19,21H2,1H3,(H,36,41)(H,42,43,44)/t25-,28-/m0/s1. The van der Waals surface area contributed by atoms with Crippen LogP contribution in [0.2, 0.25) is 5.02 Å². The average Bonchev–Trinajstić information content (AvgIpc) is 3.68. The fourth-order valence-corrected chi connectivity index (χ4v) is 6.59. The molecule has 1 aliphatic carbocycles. The van der Waals surface area contributed by atoms with E-state index in [0.29, 0.717) is 48.4 Å². The predicted molar refractivity (Wildman–Crippen MR) is 176 cm³/mol. The SMILES string of the molecule is Cc1c(Cl)cccc1OCCCC(=O)N1C[C@@H]2C[C@@H]2c2c(-c3cnn(Cc4cccc(C(=O)NCCS(=O)(=O)O)c4)c3)cccc21. The first-order chi connectivity index (χ1) is 22.1. The number of carbonyl (C=O) groups excluding carboxylic acids is 2. The lowest BCUT2D eigenvalue weighted by atomic mass is 9.92. The highest BCUT2D eigenvalue weighted by atomic mass is 35.5. The van der Waals surface area contributed by atoms with E-state index in [1.54, 1.807) is 18.2 Å². The van der Waals surface area contributed by atoms with Crippen molar-refractivity contribution in [3.8, 4) is 16.9 Å². The molecule has 0 saturated heterocycles. The summed E-state index contributed by atoms with van der Waals surface area (Å²) >= 11 is 6.20. The largest absolute Gasteiger partial charge is 0.493 e. The van der Waals surface area contributed by atoms with Crippen LogP contribution in [0.3, 0.4) is 0 Å². The molecule has 0 unspecified atom stereocenters. The molecule has 46 heavy (non-hydrogen) atoms. The third kappa shape index (κ3) is 7.27. The van der Waals surface area contributed by atoms with E-state index < -0.39 is 21.8 Å². The Morgan fingerprint density at radius 3 is 2.76 bits per heavy atom. The van der Waals surface area contributed by atoms with Crippen molar-refractivity contribution in [3.05, 3.63) is 100 Å². The molecule has 10 nitrogen and oxygen atoms in total. The zero-order chi connectivity index (χ0) is 32.4. The Morgan fingerprint density at radius 1 is 1.13 bits per heavy atom. The van der Waals surface area contributed by atoms with Crippen LogP contribution in [0.25, 0.3) is 11.1 Å². The molecule has 2 amide bonds. The van der Waals surface area contributed by atoms with Gasteiger partial charge in [0.05, 0.1) is 25.1 Å². The summed E-state index contributed by atoms with van der Waals surface area (Å²) in [5, 5.41) is 7.75. The van der Waals surface area contributed by atoms with Gasteiger partial charge in [0.15, 0.2) is 0 Å². The van der Waals surface area contributed by atoms with E-state index in [2.05, 4.69) is 16.5 Å². The topological polar surface area (TPSA) is 131 Å². The van der Waals surface area contributed by atoms with Gasteiger partial charge >= 0.3 is 0 Å². The van der Waals surface area contributed by atoms with Crippen LogP contribution in [0.15, 0.2) is 73.1 Å². The molecular formula is C34H35ClN4O6S. The van der Waals surface area contributed by atoms with E-state index in [4.69, 9.17) is 20.9 Å². The van der Waals surface area contributed by atoms with Crippen LogP contribution in [-0.2, 0) is 21.5 Å². The lowest BCUT2D eigenvalue weighted by Gasteiger charge is -2.30. The second-order valence-corrected chi connectivity index (χ2v) is 13.8. The van der Waals surface area contributed by atoms with Gasteiger partial charge in [-0.25, -0.2) is 0 Å². The van der Waals surface area contributed by atoms with Gasteiger partial charge in [-0.05, 0) is 78.6 Å². The van der Waals surface area contributed by atoms with Gasteiger partial charge in [-0.2, -0.15) is 13.5 Å². The molecule has 0 spiro atoms. The quantitative estimate of drug-likeness (QED) is 0.152. The number of aromatic nitrogens is 2. The number of hydrogen-bond donors (Lipinski definition) is 2. The summed E-state index contributed by atoms with van der Waals surface area (Å²) in [7, 11) is -4.16. The van der Waals surface area contributed by atoms with Gasteiger partial charge in [0, 0.05) is 53.1 Å². The van der Waals surface area contributed by atoms with Crippen molar-refractivity contribution in [1.82, 2.24) is 15.1 Å². The number of hydrogen-bond acceptors (Lipinski definition) is 6. The van der Waals surface area contributed by atoms with Crippen molar-refractivity contribution in [2.75, 3.05) is 30.3 Å². The lowest BCUT2D eigenvalue weighted by molar-refractivity contribution is -0.119. The molecule has 1 aromatic heterocycles. The number of amides is 2. The molecule has 2 N–H and O–H groups in total. The van der Waals surface area contributed by atoms with Crippen molar-refractivity contribution in [1.29, 1.82) is 0 Å². The number of rotatable bonds is 12. The normalized spacial score (nSPS) is 16.8. The monoisotopic (exact) mass is 662 g/mol. The zero-order valence-electron chi connectivity index (χ0n) is 25.4. The predicted octanol–water partition coefficient (Wildman–Crippen LogP) is 5.49. The Bertz CT molecular complexity index is 1890. The Labute approximate surface area is 273 Å². The maximum absolute atomic E-state index is 13.5. The highest BCUT2D eigenvalue weighted by Crippen LogP contribution is 2.57. The second-order valence-electron chi connectivity index (χ2n) is 11.8. The summed E-state index contributed by atoms with van der Waals surface area (Å²) in [5.74, 6) is 0.719. The van der Waals surface area contributed by atoms with Gasteiger partial charge in [0.1, 0.15) is 5.75 Å². The van der Waals surface area contributed by atoms with E-state index in [1.807, 2.05) is 65.3 Å². The molecular weight excluding hydrogens is 628 g/mol. The van der Waals surface area contributed by atoms with E-state index in [0.717, 1.165) is 46.7 Å². The number of ether oxygens (including phenoxy) is 1. The third-order valence-corrected chi connectivity index (χ3v) is 9.65. The van der Waals surface area contributed by atoms with Crippen LogP contribution < -0.4 is 15.0 Å². The zero-order valence-corrected chi connectivity index (χ0v) is 26.9. The molecule has 2 heterocycles.